The fourth-order valence-corrected chi connectivity index (χ4v) is 4.42. The third-order valence-corrected chi connectivity index (χ3v) is 5.94. The highest BCUT2D eigenvalue weighted by Gasteiger charge is 2.32. The lowest BCUT2D eigenvalue weighted by atomic mass is 10.2. The Hall–Kier alpha value is -0.700. The number of rotatable bonds is 4. The average Bonchev–Trinajstić information content (AvgIpc) is 2.68. The van der Waals surface area contributed by atoms with E-state index in [1.54, 1.807) is 9.21 Å². The summed E-state index contributed by atoms with van der Waals surface area (Å²) in [6.07, 6.45) is 4.05. The molecule has 2 aliphatic heterocycles. The van der Waals surface area contributed by atoms with E-state index in [-0.39, 0.29) is 6.54 Å². The minimum Gasteiger partial charge on any atom is -0.480 e. The van der Waals surface area contributed by atoms with Gasteiger partial charge in [0.05, 0.1) is 6.54 Å². The lowest BCUT2D eigenvalue weighted by Crippen LogP contribution is -2.53. The molecule has 0 bridgehead atoms. The van der Waals surface area contributed by atoms with Gasteiger partial charge < -0.3 is 5.11 Å². The smallest absolute Gasteiger partial charge is 0.317 e. The van der Waals surface area contributed by atoms with Crippen molar-refractivity contribution >= 4 is 16.2 Å². The molecule has 2 heterocycles. The van der Waals surface area contributed by atoms with Crippen molar-refractivity contribution in [1.82, 2.24) is 13.5 Å². The first-order valence-corrected chi connectivity index (χ1v) is 8.59. The first-order chi connectivity index (χ1) is 9.50. The molecule has 8 heteroatoms. The van der Waals surface area contributed by atoms with Crippen molar-refractivity contribution in [2.75, 3.05) is 45.8 Å². The van der Waals surface area contributed by atoms with E-state index in [4.69, 9.17) is 5.11 Å². The quantitative estimate of drug-likeness (QED) is 0.778. The van der Waals surface area contributed by atoms with Crippen LogP contribution in [0, 0.1) is 0 Å². The molecular formula is C12H23N3O4S. The highest BCUT2D eigenvalue weighted by Crippen LogP contribution is 2.17. The number of hydrogen-bond acceptors (Lipinski definition) is 4. The van der Waals surface area contributed by atoms with E-state index in [0.717, 1.165) is 25.7 Å². The molecule has 0 unspecified atom stereocenters. The van der Waals surface area contributed by atoms with Crippen LogP contribution in [0.5, 0.6) is 0 Å². The first-order valence-electron chi connectivity index (χ1n) is 7.19. The van der Waals surface area contributed by atoms with Crippen molar-refractivity contribution in [2.24, 2.45) is 0 Å². The molecule has 0 aromatic carbocycles. The van der Waals surface area contributed by atoms with E-state index in [1.807, 2.05) is 0 Å². The molecular weight excluding hydrogens is 282 g/mol. The van der Waals surface area contributed by atoms with Gasteiger partial charge in [0.25, 0.3) is 10.2 Å². The molecule has 0 aliphatic carbocycles. The van der Waals surface area contributed by atoms with Gasteiger partial charge in [-0.1, -0.05) is 12.8 Å². The minimum absolute atomic E-state index is 0.0163. The van der Waals surface area contributed by atoms with Crippen LogP contribution in [0.3, 0.4) is 0 Å². The van der Waals surface area contributed by atoms with Gasteiger partial charge in [0, 0.05) is 39.3 Å². The van der Waals surface area contributed by atoms with Crippen LogP contribution in [0.4, 0.5) is 0 Å². The average molecular weight is 305 g/mol. The Morgan fingerprint density at radius 3 is 1.85 bits per heavy atom. The Bertz CT molecular complexity index is 424. The van der Waals surface area contributed by atoms with Gasteiger partial charge >= 0.3 is 5.97 Å². The fraction of sp³-hybridized carbons (Fsp3) is 0.917. The van der Waals surface area contributed by atoms with Crippen LogP contribution < -0.4 is 0 Å². The summed E-state index contributed by atoms with van der Waals surface area (Å²) in [5, 5.41) is 8.74. The maximum atomic E-state index is 12.5. The summed E-state index contributed by atoms with van der Waals surface area (Å²) in [5.41, 5.74) is 0. The van der Waals surface area contributed by atoms with Gasteiger partial charge in [0.1, 0.15) is 0 Å². The minimum atomic E-state index is -3.37. The molecule has 0 amide bonds. The monoisotopic (exact) mass is 305 g/mol. The Morgan fingerprint density at radius 2 is 1.35 bits per heavy atom. The summed E-state index contributed by atoms with van der Waals surface area (Å²) in [6.45, 7) is 2.93. The van der Waals surface area contributed by atoms with E-state index in [2.05, 4.69) is 0 Å². The predicted octanol–water partition coefficient (Wildman–Crippen LogP) is -0.191. The van der Waals surface area contributed by atoms with Crippen molar-refractivity contribution in [1.29, 1.82) is 0 Å². The predicted molar refractivity (Wildman–Crippen MR) is 74.6 cm³/mol. The van der Waals surface area contributed by atoms with Gasteiger partial charge in [-0.25, -0.2) is 0 Å². The number of piperazine rings is 1. The molecule has 2 fully saturated rings. The van der Waals surface area contributed by atoms with Crippen LogP contribution in [0.25, 0.3) is 0 Å². The third kappa shape index (κ3) is 3.91. The number of carbonyl (C=O) groups is 1. The van der Waals surface area contributed by atoms with Crippen molar-refractivity contribution in [3.05, 3.63) is 0 Å². The molecule has 0 atom stereocenters. The summed E-state index contributed by atoms with van der Waals surface area (Å²) in [4.78, 5) is 12.4. The molecule has 7 nitrogen and oxygen atoms in total. The highest BCUT2D eigenvalue weighted by atomic mass is 32.2. The molecule has 0 aromatic heterocycles. The Labute approximate surface area is 120 Å². The van der Waals surface area contributed by atoms with Crippen molar-refractivity contribution in [3.63, 3.8) is 0 Å². The largest absolute Gasteiger partial charge is 0.480 e. The van der Waals surface area contributed by atoms with Crippen LogP contribution >= 0.6 is 0 Å². The van der Waals surface area contributed by atoms with Crippen molar-refractivity contribution in [3.8, 4) is 0 Å². The Balaban J connectivity index is 1.92. The molecule has 0 aromatic rings. The topological polar surface area (TPSA) is 81.2 Å². The lowest BCUT2D eigenvalue weighted by Gasteiger charge is -2.35. The van der Waals surface area contributed by atoms with Gasteiger partial charge in [-0.2, -0.15) is 17.0 Å². The normalized spacial score (nSPS) is 24.4. The fourth-order valence-electron chi connectivity index (χ4n) is 2.75. The third-order valence-electron chi connectivity index (χ3n) is 3.91. The maximum absolute atomic E-state index is 12.5. The number of nitrogens with zero attached hydrogens (tertiary/aromatic N) is 3. The standard InChI is InChI=1S/C12H23N3O4S/c16-12(17)11-13-7-9-15(10-8-13)20(18,19)14-5-3-1-2-4-6-14/h1-11H2,(H,16,17). The van der Waals surface area contributed by atoms with E-state index in [0.29, 0.717) is 39.3 Å². The van der Waals surface area contributed by atoms with Gasteiger partial charge in [-0.05, 0) is 12.8 Å². The van der Waals surface area contributed by atoms with Crippen molar-refractivity contribution < 1.29 is 18.3 Å². The van der Waals surface area contributed by atoms with E-state index >= 15 is 0 Å². The molecule has 1 N–H and O–H groups in total. The van der Waals surface area contributed by atoms with E-state index in [1.165, 1.54) is 4.31 Å². The summed E-state index contributed by atoms with van der Waals surface area (Å²) in [5.74, 6) is -0.867. The number of hydrogen-bond donors (Lipinski definition) is 1. The zero-order chi connectivity index (χ0) is 14.6. The molecule has 2 rings (SSSR count). The molecule has 20 heavy (non-hydrogen) atoms. The van der Waals surface area contributed by atoms with Crippen molar-refractivity contribution in [2.45, 2.75) is 25.7 Å². The SMILES string of the molecule is O=C(O)CN1CCN(S(=O)(=O)N2CCCCCC2)CC1. The molecule has 2 aliphatic rings. The van der Waals surface area contributed by atoms with Crippen LogP contribution in [-0.2, 0) is 15.0 Å². The lowest BCUT2D eigenvalue weighted by molar-refractivity contribution is -0.138. The highest BCUT2D eigenvalue weighted by molar-refractivity contribution is 7.86. The maximum Gasteiger partial charge on any atom is 0.317 e. The van der Waals surface area contributed by atoms with Gasteiger partial charge in [-0.15, -0.1) is 0 Å². The van der Waals surface area contributed by atoms with Gasteiger partial charge in [-0.3, -0.25) is 9.69 Å². The molecule has 2 saturated heterocycles. The second-order valence-corrected chi connectivity index (χ2v) is 7.32. The molecule has 116 valence electrons. The second-order valence-electron chi connectivity index (χ2n) is 5.39. The molecule has 0 spiro atoms. The molecule has 0 saturated carbocycles. The Morgan fingerprint density at radius 1 is 0.850 bits per heavy atom. The van der Waals surface area contributed by atoms with Gasteiger partial charge in [0.15, 0.2) is 0 Å². The summed E-state index contributed by atoms with van der Waals surface area (Å²) < 4.78 is 28.2. The van der Waals surface area contributed by atoms with Crippen LogP contribution in [0.2, 0.25) is 0 Å². The zero-order valence-corrected chi connectivity index (χ0v) is 12.5. The number of aliphatic carboxylic acids is 1. The zero-order valence-electron chi connectivity index (χ0n) is 11.7. The van der Waals surface area contributed by atoms with Crippen LogP contribution in [-0.4, -0.2) is 78.8 Å². The van der Waals surface area contributed by atoms with Crippen LogP contribution in [0.15, 0.2) is 0 Å². The molecule has 0 radical (unpaired) electrons. The number of carboxylic acids is 1. The van der Waals surface area contributed by atoms with Gasteiger partial charge in [0.2, 0.25) is 0 Å². The Kier molecular flexibility index (Phi) is 5.36. The number of carboxylic acid groups (broad SMARTS) is 1. The summed E-state index contributed by atoms with van der Waals surface area (Å²) in [7, 11) is -3.37. The van der Waals surface area contributed by atoms with E-state index in [9.17, 15) is 13.2 Å². The first kappa shape index (κ1) is 15.7. The van der Waals surface area contributed by atoms with Crippen LogP contribution in [0.1, 0.15) is 25.7 Å². The second kappa shape index (κ2) is 6.84. The van der Waals surface area contributed by atoms with E-state index < -0.39 is 16.2 Å². The summed E-state index contributed by atoms with van der Waals surface area (Å²) >= 11 is 0. The summed E-state index contributed by atoms with van der Waals surface area (Å²) in [6, 6.07) is 0.